The van der Waals surface area contributed by atoms with Crippen molar-refractivity contribution in [1.82, 2.24) is 20.6 Å². The molecule has 1 atom stereocenters. The van der Waals surface area contributed by atoms with Gasteiger partial charge in [0.15, 0.2) is 17.3 Å². The summed E-state index contributed by atoms with van der Waals surface area (Å²) in [5, 5.41) is 25.4. The van der Waals surface area contributed by atoms with Gasteiger partial charge in [0.05, 0.1) is 31.3 Å². The molecule has 4 rings (SSSR count). The number of methoxy groups -OCH3 is 2. The number of ether oxygens (including phenoxy) is 2. The van der Waals surface area contributed by atoms with Gasteiger partial charge in [-0.1, -0.05) is 41.4 Å². The van der Waals surface area contributed by atoms with Gasteiger partial charge < -0.3 is 14.6 Å². The third-order valence-corrected chi connectivity index (χ3v) is 7.71. The molecule has 188 valence electrons. The SMILES string of the molecule is COc1ccc(S(=O)(=O)N(Cc2nnn[nH]2)c2ccc(Cl)cc2C(O)c2ccccc2Cl)cc1OC. The smallest absolute Gasteiger partial charge is 0.264 e. The number of aliphatic hydroxyl groups excluding tert-OH is 1. The third-order valence-electron chi connectivity index (χ3n) is 5.38. The van der Waals surface area contributed by atoms with E-state index in [0.717, 1.165) is 4.31 Å². The Hall–Kier alpha value is -3.38. The largest absolute Gasteiger partial charge is 0.493 e. The van der Waals surface area contributed by atoms with Crippen LogP contribution in [0.25, 0.3) is 0 Å². The van der Waals surface area contributed by atoms with Crippen molar-refractivity contribution < 1.29 is 23.0 Å². The van der Waals surface area contributed by atoms with E-state index in [4.69, 9.17) is 32.7 Å². The number of benzene rings is 3. The molecule has 0 saturated heterocycles. The molecule has 0 aliphatic carbocycles. The number of nitrogens with zero attached hydrogens (tertiary/aromatic N) is 4. The van der Waals surface area contributed by atoms with Gasteiger partial charge in [0.25, 0.3) is 10.0 Å². The van der Waals surface area contributed by atoms with Crippen LogP contribution in [0.5, 0.6) is 11.5 Å². The minimum Gasteiger partial charge on any atom is -0.493 e. The van der Waals surface area contributed by atoms with E-state index in [1.165, 1.54) is 50.6 Å². The number of halogens is 2. The number of aliphatic hydroxyl groups is 1. The summed E-state index contributed by atoms with van der Waals surface area (Å²) < 4.78 is 39.6. The second-order valence-corrected chi connectivity index (χ2v) is 10.2. The number of H-pyrrole nitrogens is 1. The second kappa shape index (κ2) is 10.7. The molecule has 3 aromatic carbocycles. The van der Waals surface area contributed by atoms with Crippen LogP contribution in [0.1, 0.15) is 23.1 Å². The minimum absolute atomic E-state index is 0.0826. The zero-order valence-electron chi connectivity index (χ0n) is 19.1. The number of tetrazole rings is 1. The Morgan fingerprint density at radius 2 is 1.75 bits per heavy atom. The van der Waals surface area contributed by atoms with E-state index in [1.807, 2.05) is 0 Å². The van der Waals surface area contributed by atoms with Crippen molar-refractivity contribution in [1.29, 1.82) is 0 Å². The zero-order valence-corrected chi connectivity index (χ0v) is 21.4. The summed E-state index contributed by atoms with van der Waals surface area (Å²) in [7, 11) is -1.40. The second-order valence-electron chi connectivity index (χ2n) is 7.50. The van der Waals surface area contributed by atoms with Crippen LogP contribution < -0.4 is 13.8 Å². The van der Waals surface area contributed by atoms with Crippen LogP contribution in [0.2, 0.25) is 10.0 Å². The van der Waals surface area contributed by atoms with E-state index in [0.29, 0.717) is 21.4 Å². The molecule has 1 aromatic heterocycles. The van der Waals surface area contributed by atoms with E-state index in [-0.39, 0.29) is 34.3 Å². The summed E-state index contributed by atoms with van der Waals surface area (Å²) in [5.41, 5.74) is 0.748. The van der Waals surface area contributed by atoms with Crippen LogP contribution in [0, 0.1) is 0 Å². The maximum absolute atomic E-state index is 14.0. The summed E-state index contributed by atoms with van der Waals surface area (Å²) in [6.07, 6.45) is -1.29. The quantitative estimate of drug-likeness (QED) is 0.320. The molecule has 0 saturated carbocycles. The molecule has 1 unspecified atom stereocenters. The fraction of sp³-hybridized carbons (Fsp3) is 0.174. The van der Waals surface area contributed by atoms with Gasteiger partial charge in [-0.25, -0.2) is 13.5 Å². The highest BCUT2D eigenvalue weighted by atomic mass is 35.5. The van der Waals surface area contributed by atoms with Gasteiger partial charge in [0, 0.05) is 27.2 Å². The zero-order chi connectivity index (χ0) is 25.9. The molecule has 0 aliphatic heterocycles. The van der Waals surface area contributed by atoms with Gasteiger partial charge in [-0.15, -0.1) is 5.10 Å². The first kappa shape index (κ1) is 25.7. The first-order valence-corrected chi connectivity index (χ1v) is 12.6. The predicted octanol–water partition coefficient (Wildman–Crippen LogP) is 4.00. The highest BCUT2D eigenvalue weighted by Gasteiger charge is 2.31. The lowest BCUT2D eigenvalue weighted by Crippen LogP contribution is -2.32. The number of hydrogen-bond donors (Lipinski definition) is 2. The van der Waals surface area contributed by atoms with E-state index < -0.39 is 16.1 Å². The fourth-order valence-electron chi connectivity index (χ4n) is 3.62. The van der Waals surface area contributed by atoms with Gasteiger partial charge in [-0.2, -0.15) is 0 Å². The minimum atomic E-state index is -4.25. The Morgan fingerprint density at radius 3 is 2.42 bits per heavy atom. The lowest BCUT2D eigenvalue weighted by atomic mass is 9.99. The Labute approximate surface area is 217 Å². The number of aromatic amines is 1. The monoisotopic (exact) mass is 549 g/mol. The first-order valence-electron chi connectivity index (χ1n) is 10.5. The van der Waals surface area contributed by atoms with Crippen LogP contribution in [-0.2, 0) is 16.6 Å². The predicted molar refractivity (Wildman–Crippen MR) is 134 cm³/mol. The molecular formula is C23H21Cl2N5O5S. The molecule has 10 nitrogen and oxygen atoms in total. The summed E-state index contributed by atoms with van der Waals surface area (Å²) in [4.78, 5) is -0.0826. The van der Waals surface area contributed by atoms with Gasteiger partial charge in [0.2, 0.25) is 0 Å². The van der Waals surface area contributed by atoms with Crippen molar-refractivity contribution in [2.24, 2.45) is 0 Å². The summed E-state index contributed by atoms with van der Waals surface area (Å²) in [6.45, 7) is -0.270. The summed E-state index contributed by atoms with van der Waals surface area (Å²) in [5.74, 6) is 0.767. The maximum Gasteiger partial charge on any atom is 0.264 e. The van der Waals surface area contributed by atoms with Gasteiger partial charge in [-0.3, -0.25) is 4.31 Å². The third kappa shape index (κ3) is 5.09. The Morgan fingerprint density at radius 1 is 1.00 bits per heavy atom. The molecule has 36 heavy (non-hydrogen) atoms. The van der Waals surface area contributed by atoms with Crippen molar-refractivity contribution in [3.8, 4) is 11.5 Å². The lowest BCUT2D eigenvalue weighted by Gasteiger charge is -2.28. The molecule has 0 aliphatic rings. The van der Waals surface area contributed by atoms with E-state index in [9.17, 15) is 13.5 Å². The normalized spacial score (nSPS) is 12.2. The highest BCUT2D eigenvalue weighted by molar-refractivity contribution is 7.92. The molecule has 0 amide bonds. The van der Waals surface area contributed by atoms with Crippen molar-refractivity contribution in [2.45, 2.75) is 17.5 Å². The lowest BCUT2D eigenvalue weighted by molar-refractivity contribution is 0.221. The number of nitrogens with one attached hydrogen (secondary N) is 1. The number of rotatable bonds is 9. The van der Waals surface area contributed by atoms with Crippen molar-refractivity contribution >= 4 is 38.9 Å². The molecular weight excluding hydrogens is 529 g/mol. The van der Waals surface area contributed by atoms with E-state index in [2.05, 4.69) is 20.6 Å². The van der Waals surface area contributed by atoms with Gasteiger partial charge >= 0.3 is 0 Å². The number of anilines is 1. The van der Waals surface area contributed by atoms with Crippen molar-refractivity contribution in [3.05, 3.63) is 87.7 Å². The van der Waals surface area contributed by atoms with Crippen molar-refractivity contribution in [2.75, 3.05) is 18.5 Å². The van der Waals surface area contributed by atoms with Gasteiger partial charge in [-0.05, 0) is 46.8 Å². The summed E-state index contributed by atoms with van der Waals surface area (Å²) in [6, 6.07) is 15.4. The van der Waals surface area contributed by atoms with E-state index >= 15 is 0 Å². The average molecular weight is 550 g/mol. The summed E-state index contributed by atoms with van der Waals surface area (Å²) >= 11 is 12.6. The molecule has 0 fully saturated rings. The fourth-order valence-corrected chi connectivity index (χ4v) is 5.51. The highest BCUT2D eigenvalue weighted by Crippen LogP contribution is 2.39. The maximum atomic E-state index is 14.0. The first-order chi connectivity index (χ1) is 17.3. The molecule has 0 radical (unpaired) electrons. The van der Waals surface area contributed by atoms with Gasteiger partial charge in [0.1, 0.15) is 6.10 Å². The Bertz CT molecular complexity index is 1470. The average Bonchev–Trinajstić information content (AvgIpc) is 3.40. The number of aromatic nitrogens is 4. The number of sulfonamides is 1. The molecule has 1 heterocycles. The number of hydrogen-bond acceptors (Lipinski definition) is 8. The van der Waals surface area contributed by atoms with Crippen LogP contribution in [-0.4, -0.2) is 48.4 Å². The molecule has 0 bridgehead atoms. The van der Waals surface area contributed by atoms with Crippen LogP contribution >= 0.6 is 23.2 Å². The van der Waals surface area contributed by atoms with Crippen LogP contribution in [0.3, 0.4) is 0 Å². The topological polar surface area (TPSA) is 131 Å². The van der Waals surface area contributed by atoms with Crippen LogP contribution in [0.4, 0.5) is 5.69 Å². The molecule has 0 spiro atoms. The standard InChI is InChI=1S/C23H21Cl2N5O5S/c1-34-20-10-8-15(12-21(20)35-2)36(32,33)30(13-22-26-28-29-27-22)19-9-7-14(24)11-17(19)23(31)16-5-3-4-6-18(16)25/h3-12,23,31H,13H2,1-2H3,(H,26,27,28,29). The van der Waals surface area contributed by atoms with Crippen LogP contribution in [0.15, 0.2) is 65.6 Å². The van der Waals surface area contributed by atoms with Crippen molar-refractivity contribution in [3.63, 3.8) is 0 Å². The Balaban J connectivity index is 1.90. The molecule has 2 N–H and O–H groups in total. The molecule has 4 aromatic rings. The van der Waals surface area contributed by atoms with E-state index in [1.54, 1.807) is 24.3 Å². The molecule has 13 heteroatoms. The Kier molecular flexibility index (Phi) is 7.65.